The van der Waals surface area contributed by atoms with E-state index in [2.05, 4.69) is 39.4 Å². The van der Waals surface area contributed by atoms with E-state index in [1.165, 1.54) is 7.11 Å². The number of esters is 1. The summed E-state index contributed by atoms with van der Waals surface area (Å²) >= 11 is 7.57. The van der Waals surface area contributed by atoms with Gasteiger partial charge in [-0.2, -0.15) is 5.26 Å². The molecule has 0 aromatic heterocycles. The average Bonchev–Trinajstić information content (AvgIpc) is 2.30. The van der Waals surface area contributed by atoms with Crippen molar-refractivity contribution in [2.75, 3.05) is 7.11 Å². The zero-order valence-corrected chi connectivity index (χ0v) is 11.1. The van der Waals surface area contributed by atoms with Crippen LogP contribution in [0.25, 0.3) is 0 Å². The molecule has 0 aliphatic heterocycles. The molecule has 0 N–H and O–H groups in total. The largest absolute Gasteiger partial charge is 0.469 e. The van der Waals surface area contributed by atoms with Crippen LogP contribution in [0.3, 0.4) is 0 Å². The second-order valence-corrected chi connectivity index (χ2v) is 4.14. The van der Waals surface area contributed by atoms with E-state index < -0.39 is 0 Å². The molecule has 0 aliphatic carbocycles. The number of nitrogens with zero attached hydrogens (tertiary/aromatic N) is 1. The van der Waals surface area contributed by atoms with Gasteiger partial charge in [-0.25, -0.2) is 0 Å². The number of hydrogen-bond donors (Lipinski definition) is 1. The van der Waals surface area contributed by atoms with Crippen LogP contribution in [0.1, 0.15) is 16.7 Å². The zero-order chi connectivity index (χ0) is 12.1. The Bertz CT molecular complexity index is 454. The van der Waals surface area contributed by atoms with Gasteiger partial charge in [-0.1, -0.05) is 22.0 Å². The van der Waals surface area contributed by atoms with Crippen LogP contribution in [-0.4, -0.2) is 13.1 Å². The molecular formula is C11H10BrNO2S. The van der Waals surface area contributed by atoms with Crippen LogP contribution in [0.2, 0.25) is 0 Å². The molecule has 0 saturated heterocycles. The molecule has 3 nitrogen and oxygen atoms in total. The summed E-state index contributed by atoms with van der Waals surface area (Å²) in [6, 6.07) is 5.60. The van der Waals surface area contributed by atoms with E-state index in [0.29, 0.717) is 16.5 Å². The number of rotatable bonds is 3. The molecule has 0 aliphatic rings. The molecule has 1 aromatic carbocycles. The summed E-state index contributed by atoms with van der Waals surface area (Å²) in [6.45, 7) is 0. The van der Waals surface area contributed by atoms with Gasteiger partial charge >= 0.3 is 5.97 Å². The number of methoxy groups -OCH3 is 1. The Morgan fingerprint density at radius 3 is 2.81 bits per heavy atom. The first-order chi connectivity index (χ1) is 7.63. The molecule has 0 bridgehead atoms. The van der Waals surface area contributed by atoms with Crippen molar-refractivity contribution >= 4 is 34.5 Å². The molecule has 5 heteroatoms. The van der Waals surface area contributed by atoms with Crippen molar-refractivity contribution in [3.05, 3.63) is 28.8 Å². The van der Waals surface area contributed by atoms with Gasteiger partial charge in [0.05, 0.1) is 25.2 Å². The van der Waals surface area contributed by atoms with Crippen molar-refractivity contribution in [1.29, 1.82) is 5.26 Å². The van der Waals surface area contributed by atoms with Crippen molar-refractivity contribution in [2.24, 2.45) is 0 Å². The minimum absolute atomic E-state index is 0.105. The Morgan fingerprint density at radius 1 is 1.62 bits per heavy atom. The lowest BCUT2D eigenvalue weighted by Crippen LogP contribution is -2.07. The average molecular weight is 300 g/mol. The number of alkyl halides is 1. The summed E-state index contributed by atoms with van der Waals surface area (Å²) in [4.78, 5) is 11.9. The number of carbonyl (C=O) groups excluding carboxylic acids is 1. The van der Waals surface area contributed by atoms with Gasteiger partial charge in [0.2, 0.25) is 0 Å². The topological polar surface area (TPSA) is 50.1 Å². The summed E-state index contributed by atoms with van der Waals surface area (Å²) in [5, 5.41) is 9.62. The first kappa shape index (κ1) is 13.1. The molecule has 0 spiro atoms. The fourth-order valence-electron chi connectivity index (χ4n) is 1.33. The van der Waals surface area contributed by atoms with Gasteiger partial charge in [-0.15, -0.1) is 12.6 Å². The van der Waals surface area contributed by atoms with Gasteiger partial charge in [-0.05, 0) is 17.2 Å². The third kappa shape index (κ3) is 2.77. The fraction of sp³-hybridized carbons (Fsp3) is 0.273. The maximum absolute atomic E-state index is 11.2. The molecule has 0 radical (unpaired) electrons. The van der Waals surface area contributed by atoms with Crippen molar-refractivity contribution in [2.45, 2.75) is 16.6 Å². The highest BCUT2D eigenvalue weighted by Crippen LogP contribution is 2.24. The molecule has 0 amide bonds. The van der Waals surface area contributed by atoms with E-state index in [4.69, 9.17) is 5.26 Å². The van der Waals surface area contributed by atoms with Crippen LogP contribution in [0.4, 0.5) is 0 Å². The SMILES string of the molecule is COC(=O)Cc1ccc(S)c(CBr)c1C#N. The van der Waals surface area contributed by atoms with Crippen molar-refractivity contribution in [3.63, 3.8) is 0 Å². The fourth-order valence-corrected chi connectivity index (χ4v) is 2.40. The maximum atomic E-state index is 11.2. The number of thiol groups is 1. The first-order valence-electron chi connectivity index (χ1n) is 4.50. The predicted molar refractivity (Wildman–Crippen MR) is 66.8 cm³/mol. The maximum Gasteiger partial charge on any atom is 0.310 e. The van der Waals surface area contributed by atoms with Gasteiger partial charge in [0, 0.05) is 10.2 Å². The Hall–Kier alpha value is -0.990. The van der Waals surface area contributed by atoms with Crippen molar-refractivity contribution in [3.8, 4) is 6.07 Å². The molecular weight excluding hydrogens is 290 g/mol. The predicted octanol–water partition coefficient (Wildman–Crippen LogP) is 2.46. The minimum Gasteiger partial charge on any atom is -0.469 e. The summed E-state index contributed by atoms with van der Waals surface area (Å²) in [5.74, 6) is -0.357. The van der Waals surface area contributed by atoms with Gasteiger partial charge in [0.15, 0.2) is 0 Å². The third-order valence-electron chi connectivity index (χ3n) is 2.18. The summed E-state index contributed by atoms with van der Waals surface area (Å²) in [7, 11) is 1.33. The first-order valence-corrected chi connectivity index (χ1v) is 6.07. The van der Waals surface area contributed by atoms with Gasteiger partial charge in [0.25, 0.3) is 0 Å². The molecule has 16 heavy (non-hydrogen) atoms. The highest BCUT2D eigenvalue weighted by molar-refractivity contribution is 9.08. The van der Waals surface area contributed by atoms with Crippen molar-refractivity contribution in [1.82, 2.24) is 0 Å². The van der Waals surface area contributed by atoms with Crippen LogP contribution >= 0.6 is 28.6 Å². The van der Waals surface area contributed by atoms with E-state index in [0.717, 1.165) is 10.5 Å². The quantitative estimate of drug-likeness (QED) is 0.530. The molecule has 84 valence electrons. The number of carbonyl (C=O) groups is 1. The Morgan fingerprint density at radius 2 is 2.31 bits per heavy atom. The van der Waals surface area contributed by atoms with E-state index in [-0.39, 0.29) is 12.4 Å². The van der Waals surface area contributed by atoms with Crippen LogP contribution in [0, 0.1) is 11.3 Å². The standard InChI is InChI=1S/C11H10BrNO2S/c1-15-11(14)4-7-2-3-10(16)8(5-12)9(7)6-13/h2-3,16H,4-5H2,1H3. The smallest absolute Gasteiger partial charge is 0.310 e. The van der Waals surface area contributed by atoms with Crippen LogP contribution in [-0.2, 0) is 21.3 Å². The number of ether oxygens (including phenoxy) is 1. The van der Waals surface area contributed by atoms with E-state index >= 15 is 0 Å². The molecule has 0 heterocycles. The summed E-state index contributed by atoms with van der Waals surface area (Å²) < 4.78 is 4.58. The summed E-state index contributed by atoms with van der Waals surface area (Å²) in [5.41, 5.74) is 1.96. The summed E-state index contributed by atoms with van der Waals surface area (Å²) in [6.07, 6.45) is 0.105. The molecule has 1 aromatic rings. The van der Waals surface area contributed by atoms with Gasteiger partial charge < -0.3 is 4.74 Å². The van der Waals surface area contributed by atoms with E-state index in [1.807, 2.05) is 0 Å². The number of nitriles is 1. The van der Waals surface area contributed by atoms with Crippen LogP contribution < -0.4 is 0 Å². The van der Waals surface area contributed by atoms with E-state index in [9.17, 15) is 4.79 Å². The Kier molecular flexibility index (Phi) is 4.84. The Labute approximate surface area is 108 Å². The van der Waals surface area contributed by atoms with Gasteiger partial charge in [0.1, 0.15) is 0 Å². The van der Waals surface area contributed by atoms with Crippen LogP contribution in [0.5, 0.6) is 0 Å². The monoisotopic (exact) mass is 299 g/mol. The Balaban J connectivity index is 3.21. The molecule has 0 unspecified atom stereocenters. The number of hydrogen-bond acceptors (Lipinski definition) is 4. The van der Waals surface area contributed by atoms with Gasteiger partial charge in [-0.3, -0.25) is 4.79 Å². The van der Waals surface area contributed by atoms with Crippen LogP contribution in [0.15, 0.2) is 17.0 Å². The second-order valence-electron chi connectivity index (χ2n) is 3.10. The number of benzene rings is 1. The van der Waals surface area contributed by atoms with Crippen molar-refractivity contribution < 1.29 is 9.53 Å². The normalized spacial score (nSPS) is 9.62. The van der Waals surface area contributed by atoms with E-state index in [1.54, 1.807) is 12.1 Å². The highest BCUT2D eigenvalue weighted by Gasteiger charge is 2.13. The molecule has 1 rings (SSSR count). The third-order valence-corrected chi connectivity index (χ3v) is 3.16. The lowest BCUT2D eigenvalue weighted by atomic mass is 10.0. The second kappa shape index (κ2) is 5.92. The highest BCUT2D eigenvalue weighted by atomic mass is 79.9. The molecule has 0 saturated carbocycles. The molecule has 0 atom stereocenters. The zero-order valence-electron chi connectivity index (χ0n) is 8.66. The minimum atomic E-state index is -0.357. The molecule has 0 fully saturated rings. The lowest BCUT2D eigenvalue weighted by Gasteiger charge is -2.09. The lowest BCUT2D eigenvalue weighted by molar-refractivity contribution is -0.139. The number of halogens is 1.